The molecule has 0 saturated carbocycles. The molecular weight excluding hydrogens is 634 g/mol. The van der Waals surface area contributed by atoms with Crippen LogP contribution in [0, 0.1) is 0 Å². The quantitative estimate of drug-likeness (QED) is 0.0375. The van der Waals surface area contributed by atoms with Gasteiger partial charge in [-0.3, -0.25) is 14.4 Å². The Morgan fingerprint density at radius 2 is 0.941 bits per heavy atom. The van der Waals surface area contributed by atoms with Gasteiger partial charge in [0.05, 0.1) is 0 Å². The van der Waals surface area contributed by atoms with Crippen molar-refractivity contribution in [3.8, 4) is 0 Å². The molecule has 0 heterocycles. The molecule has 51 heavy (non-hydrogen) atoms. The van der Waals surface area contributed by atoms with Crippen molar-refractivity contribution in [3.63, 3.8) is 0 Å². The van der Waals surface area contributed by atoms with E-state index in [0.717, 1.165) is 64.2 Å². The number of esters is 1. The largest absolute Gasteiger partial charge is 0.480 e. The molecule has 6 nitrogen and oxygen atoms in total. The lowest BCUT2D eigenvalue weighted by atomic mass is 10.0. The average Bonchev–Trinajstić information content (AvgIpc) is 3.11. The van der Waals surface area contributed by atoms with Crippen LogP contribution < -0.4 is 5.32 Å². The number of carbonyl (C=O) groups excluding carboxylic acids is 2. The minimum atomic E-state index is -1.03. The molecule has 0 aromatic carbocycles. The second-order valence-electron chi connectivity index (χ2n) is 14.6. The molecule has 296 valence electrons. The molecule has 1 atom stereocenters. The zero-order valence-corrected chi connectivity index (χ0v) is 33.5. The molecule has 0 aliphatic rings. The van der Waals surface area contributed by atoms with Gasteiger partial charge in [-0.2, -0.15) is 0 Å². The van der Waals surface area contributed by atoms with Crippen molar-refractivity contribution in [2.75, 3.05) is 6.54 Å². The summed E-state index contributed by atoms with van der Waals surface area (Å²) in [5, 5.41) is 11.1. The number of carboxylic acids is 1. The Morgan fingerprint density at radius 3 is 1.41 bits per heavy atom. The molecule has 0 aromatic rings. The van der Waals surface area contributed by atoms with Gasteiger partial charge >= 0.3 is 11.9 Å². The molecule has 0 fully saturated rings. The lowest BCUT2D eigenvalue weighted by Gasteiger charge is -2.14. The fourth-order valence-corrected chi connectivity index (χ4v) is 6.39. The van der Waals surface area contributed by atoms with Gasteiger partial charge in [-0.15, -0.1) is 0 Å². The second-order valence-corrected chi connectivity index (χ2v) is 14.6. The number of aliphatic carboxylic acids is 1. The number of carboxylic acid groups (broad SMARTS) is 1. The minimum absolute atomic E-state index is 0.104. The summed E-state index contributed by atoms with van der Waals surface area (Å²) < 4.78 is 5.88. The second kappa shape index (κ2) is 40.4. The molecule has 0 spiro atoms. The summed E-state index contributed by atoms with van der Waals surface area (Å²) in [7, 11) is 0. The summed E-state index contributed by atoms with van der Waals surface area (Å²) in [4.78, 5) is 34.9. The SMILES string of the molecule is CC/C=C\C/C=C\C/C=C\C(CCCCCCC(=O)NCC(=O)O)OC(=O)CCCCCCCCCCCCCCCCCCCCCCCC. The summed E-state index contributed by atoms with van der Waals surface area (Å²) in [6, 6.07) is 0. The normalized spacial score (nSPS) is 12.4. The van der Waals surface area contributed by atoms with E-state index in [1.54, 1.807) is 0 Å². The summed E-state index contributed by atoms with van der Waals surface area (Å²) >= 11 is 0. The first-order valence-electron chi connectivity index (χ1n) is 21.6. The van der Waals surface area contributed by atoms with Gasteiger partial charge in [0.2, 0.25) is 5.91 Å². The van der Waals surface area contributed by atoms with Gasteiger partial charge in [0.25, 0.3) is 0 Å². The van der Waals surface area contributed by atoms with Crippen LogP contribution in [0.3, 0.4) is 0 Å². The number of amides is 1. The van der Waals surface area contributed by atoms with Crippen molar-refractivity contribution >= 4 is 17.8 Å². The van der Waals surface area contributed by atoms with Gasteiger partial charge in [-0.1, -0.05) is 192 Å². The summed E-state index contributed by atoms with van der Waals surface area (Å²) in [6.45, 7) is 4.09. The maximum atomic E-state index is 12.7. The van der Waals surface area contributed by atoms with Crippen LogP contribution in [0.4, 0.5) is 0 Å². The van der Waals surface area contributed by atoms with Crippen molar-refractivity contribution in [1.82, 2.24) is 5.32 Å². The van der Waals surface area contributed by atoms with Crippen molar-refractivity contribution in [2.45, 2.75) is 225 Å². The van der Waals surface area contributed by atoms with Gasteiger partial charge in [0.1, 0.15) is 12.6 Å². The number of carbonyl (C=O) groups is 3. The lowest BCUT2D eigenvalue weighted by molar-refractivity contribution is -0.147. The molecule has 6 heteroatoms. The van der Waals surface area contributed by atoms with Crippen molar-refractivity contribution in [2.24, 2.45) is 0 Å². The van der Waals surface area contributed by atoms with E-state index < -0.39 is 5.97 Å². The summed E-state index contributed by atoms with van der Waals surface area (Å²) in [6.07, 6.45) is 50.2. The third-order valence-corrected chi connectivity index (χ3v) is 9.56. The van der Waals surface area contributed by atoms with E-state index in [1.165, 1.54) is 128 Å². The Labute approximate surface area is 315 Å². The van der Waals surface area contributed by atoms with Crippen LogP contribution in [0.1, 0.15) is 219 Å². The topological polar surface area (TPSA) is 92.7 Å². The molecule has 0 radical (unpaired) electrons. The number of ether oxygens (including phenoxy) is 1. The summed E-state index contributed by atoms with van der Waals surface area (Å²) in [5.74, 6) is -1.36. The first-order valence-corrected chi connectivity index (χ1v) is 21.6. The van der Waals surface area contributed by atoms with Gasteiger partial charge in [-0.25, -0.2) is 0 Å². The molecule has 0 aliphatic heterocycles. The van der Waals surface area contributed by atoms with E-state index in [2.05, 4.69) is 49.5 Å². The van der Waals surface area contributed by atoms with E-state index in [-0.39, 0.29) is 24.5 Å². The Bertz CT molecular complexity index is 880. The summed E-state index contributed by atoms with van der Waals surface area (Å²) in [5.41, 5.74) is 0. The number of rotatable bonds is 39. The first kappa shape index (κ1) is 48.6. The van der Waals surface area contributed by atoms with E-state index in [1.807, 2.05) is 6.08 Å². The van der Waals surface area contributed by atoms with E-state index >= 15 is 0 Å². The Hall–Kier alpha value is -2.37. The van der Waals surface area contributed by atoms with Crippen LogP contribution in [0.15, 0.2) is 36.5 Å². The first-order chi connectivity index (χ1) is 25.0. The van der Waals surface area contributed by atoms with Crippen LogP contribution in [0.5, 0.6) is 0 Å². The van der Waals surface area contributed by atoms with Gasteiger partial charge in [0, 0.05) is 12.8 Å². The molecule has 1 unspecified atom stereocenters. The zero-order chi connectivity index (χ0) is 37.3. The lowest BCUT2D eigenvalue weighted by Crippen LogP contribution is -2.28. The van der Waals surface area contributed by atoms with Crippen LogP contribution in [0.2, 0.25) is 0 Å². The van der Waals surface area contributed by atoms with Gasteiger partial charge in [0.15, 0.2) is 0 Å². The number of hydrogen-bond acceptors (Lipinski definition) is 4. The van der Waals surface area contributed by atoms with Crippen LogP contribution in [0.25, 0.3) is 0 Å². The highest BCUT2D eigenvalue weighted by atomic mass is 16.5. The van der Waals surface area contributed by atoms with Gasteiger partial charge < -0.3 is 15.2 Å². The molecule has 0 saturated heterocycles. The van der Waals surface area contributed by atoms with Crippen LogP contribution in [-0.4, -0.2) is 35.6 Å². The Morgan fingerprint density at radius 1 is 0.529 bits per heavy atom. The van der Waals surface area contributed by atoms with Crippen LogP contribution >= 0.6 is 0 Å². The fourth-order valence-electron chi connectivity index (χ4n) is 6.39. The molecular formula is C45H81NO5. The number of allylic oxidation sites excluding steroid dienone is 5. The van der Waals surface area contributed by atoms with E-state index in [9.17, 15) is 14.4 Å². The van der Waals surface area contributed by atoms with Gasteiger partial charge in [-0.05, 0) is 51.0 Å². The maximum absolute atomic E-state index is 12.7. The predicted molar refractivity (Wildman–Crippen MR) is 217 cm³/mol. The van der Waals surface area contributed by atoms with Crippen molar-refractivity contribution in [1.29, 1.82) is 0 Å². The van der Waals surface area contributed by atoms with Crippen molar-refractivity contribution < 1.29 is 24.2 Å². The smallest absolute Gasteiger partial charge is 0.322 e. The average molecular weight is 716 g/mol. The number of hydrogen-bond donors (Lipinski definition) is 2. The predicted octanol–water partition coefficient (Wildman–Crippen LogP) is 13.3. The number of nitrogens with one attached hydrogen (secondary N) is 1. The van der Waals surface area contributed by atoms with E-state index in [0.29, 0.717) is 12.8 Å². The Kier molecular flexibility index (Phi) is 38.5. The minimum Gasteiger partial charge on any atom is -0.480 e. The molecule has 2 N–H and O–H groups in total. The molecule has 0 rings (SSSR count). The number of unbranched alkanes of at least 4 members (excludes halogenated alkanes) is 24. The van der Waals surface area contributed by atoms with E-state index in [4.69, 9.17) is 9.84 Å². The molecule has 1 amide bonds. The Balaban J connectivity index is 3.95. The third kappa shape index (κ3) is 40.3. The standard InChI is InChI=1S/C45H81NO5/c1-3-5-7-9-11-13-14-15-16-17-18-19-20-21-22-23-24-25-26-28-30-36-40-45(50)51-42(37-33-29-27-12-10-8-6-4-2)38-34-31-32-35-39-43(47)46-41-44(48)49/h6,8,12,27,33,37,42H,3-5,7,9-11,13-26,28-32,34-36,38-41H2,1-2H3,(H,46,47)(H,48,49)/b8-6-,27-12-,37-33-. The molecule has 0 bridgehead atoms. The highest BCUT2D eigenvalue weighted by molar-refractivity contribution is 5.80. The monoisotopic (exact) mass is 716 g/mol. The van der Waals surface area contributed by atoms with Crippen LogP contribution in [-0.2, 0) is 19.1 Å². The molecule has 0 aliphatic carbocycles. The highest BCUT2D eigenvalue weighted by Gasteiger charge is 2.12. The maximum Gasteiger partial charge on any atom is 0.322 e. The third-order valence-electron chi connectivity index (χ3n) is 9.56. The van der Waals surface area contributed by atoms with Crippen molar-refractivity contribution in [3.05, 3.63) is 36.5 Å². The molecule has 0 aromatic heterocycles. The zero-order valence-electron chi connectivity index (χ0n) is 33.5. The highest BCUT2D eigenvalue weighted by Crippen LogP contribution is 2.17. The fraction of sp³-hybridized carbons (Fsp3) is 0.800.